The molecule has 1 aliphatic rings. The first kappa shape index (κ1) is 11.3. The first-order valence-corrected chi connectivity index (χ1v) is 6.57. The molecule has 1 amide bonds. The van der Waals surface area contributed by atoms with Gasteiger partial charge in [-0.15, -0.1) is 0 Å². The summed E-state index contributed by atoms with van der Waals surface area (Å²) in [6.07, 6.45) is 2.26. The molecule has 1 atom stereocenters. The predicted octanol–water partition coefficient (Wildman–Crippen LogP) is 2.89. The van der Waals surface area contributed by atoms with Crippen molar-refractivity contribution in [2.45, 2.75) is 25.7 Å². The maximum atomic E-state index is 11.5. The maximum Gasteiger partial charge on any atom is 0.219 e. The molecule has 1 fully saturated rings. The van der Waals surface area contributed by atoms with E-state index in [0.717, 1.165) is 25.9 Å². The highest BCUT2D eigenvalue weighted by Crippen LogP contribution is 2.28. The third-order valence-electron chi connectivity index (χ3n) is 3.86. The molecule has 1 aromatic carbocycles. The number of likely N-dealkylation sites (tertiary alicyclic amines) is 1. The number of piperidine rings is 1. The lowest BCUT2D eigenvalue weighted by atomic mass is 9.95. The Morgan fingerprint density at radius 2 is 2.22 bits per heavy atom. The van der Waals surface area contributed by atoms with Crippen molar-refractivity contribution in [2.24, 2.45) is 0 Å². The summed E-state index contributed by atoms with van der Waals surface area (Å²) in [6.45, 7) is 3.42. The highest BCUT2D eigenvalue weighted by molar-refractivity contribution is 5.80. The molecule has 3 heteroatoms. The number of para-hydroxylation sites is 1. The molecule has 0 radical (unpaired) electrons. The van der Waals surface area contributed by atoms with Crippen LogP contribution in [-0.2, 0) is 4.79 Å². The van der Waals surface area contributed by atoms with Crippen molar-refractivity contribution in [1.29, 1.82) is 0 Å². The van der Waals surface area contributed by atoms with Gasteiger partial charge in [-0.25, -0.2) is 0 Å². The maximum absolute atomic E-state index is 11.5. The minimum absolute atomic E-state index is 0.191. The van der Waals surface area contributed by atoms with Gasteiger partial charge in [-0.05, 0) is 30.4 Å². The highest BCUT2D eigenvalue weighted by Gasteiger charge is 2.23. The van der Waals surface area contributed by atoms with Crippen LogP contribution in [0.3, 0.4) is 0 Å². The average molecular weight is 242 g/mol. The molecule has 0 bridgehead atoms. The summed E-state index contributed by atoms with van der Waals surface area (Å²) in [5.74, 6) is 0.644. The standard InChI is InChI=1S/C15H18N2O/c1-11(18)17-8-4-6-13(10-17)15-9-12-5-2-3-7-14(12)16-15/h2-3,5,7,9,13,16H,4,6,8,10H2,1H3. The Morgan fingerprint density at radius 1 is 1.39 bits per heavy atom. The van der Waals surface area contributed by atoms with Crippen LogP contribution < -0.4 is 0 Å². The van der Waals surface area contributed by atoms with Gasteiger partial charge in [-0.3, -0.25) is 4.79 Å². The summed E-state index contributed by atoms with van der Waals surface area (Å²) < 4.78 is 0. The Kier molecular flexibility index (Phi) is 2.82. The second-order valence-electron chi connectivity index (χ2n) is 5.12. The molecule has 1 N–H and O–H groups in total. The Balaban J connectivity index is 1.87. The van der Waals surface area contributed by atoms with Gasteiger partial charge in [0.2, 0.25) is 5.91 Å². The number of hydrogen-bond donors (Lipinski definition) is 1. The van der Waals surface area contributed by atoms with Gasteiger partial charge in [0.25, 0.3) is 0 Å². The number of H-pyrrole nitrogens is 1. The molecule has 1 aliphatic heterocycles. The van der Waals surface area contributed by atoms with E-state index < -0.39 is 0 Å². The number of carbonyl (C=O) groups is 1. The molecule has 18 heavy (non-hydrogen) atoms. The van der Waals surface area contributed by atoms with Crippen LogP contribution in [0, 0.1) is 0 Å². The molecule has 3 nitrogen and oxygen atoms in total. The third kappa shape index (κ3) is 2.01. The molecule has 1 saturated heterocycles. The van der Waals surface area contributed by atoms with Crippen LogP contribution in [-0.4, -0.2) is 28.9 Å². The minimum Gasteiger partial charge on any atom is -0.358 e. The summed E-state index contributed by atoms with van der Waals surface area (Å²) in [4.78, 5) is 16.9. The summed E-state index contributed by atoms with van der Waals surface area (Å²) in [5.41, 5.74) is 2.45. The number of hydrogen-bond acceptors (Lipinski definition) is 1. The zero-order valence-corrected chi connectivity index (χ0v) is 10.6. The van der Waals surface area contributed by atoms with E-state index in [4.69, 9.17) is 0 Å². The van der Waals surface area contributed by atoms with Gasteiger partial charge >= 0.3 is 0 Å². The van der Waals surface area contributed by atoms with Gasteiger partial charge in [-0.2, -0.15) is 0 Å². The van der Waals surface area contributed by atoms with E-state index in [2.05, 4.69) is 29.2 Å². The van der Waals surface area contributed by atoms with E-state index in [1.54, 1.807) is 6.92 Å². The average Bonchev–Trinajstić information content (AvgIpc) is 2.82. The van der Waals surface area contributed by atoms with Gasteiger partial charge in [0, 0.05) is 37.1 Å². The second-order valence-corrected chi connectivity index (χ2v) is 5.12. The number of benzene rings is 1. The number of rotatable bonds is 1. The topological polar surface area (TPSA) is 36.1 Å². The summed E-state index contributed by atoms with van der Waals surface area (Å²) in [7, 11) is 0. The monoisotopic (exact) mass is 242 g/mol. The van der Waals surface area contributed by atoms with Gasteiger partial charge < -0.3 is 9.88 Å². The number of amides is 1. The number of nitrogens with zero attached hydrogens (tertiary/aromatic N) is 1. The molecule has 2 heterocycles. The normalized spacial score (nSPS) is 20.3. The molecular formula is C15H18N2O. The largest absolute Gasteiger partial charge is 0.358 e. The van der Waals surface area contributed by atoms with E-state index in [1.807, 2.05) is 11.0 Å². The molecule has 94 valence electrons. The van der Waals surface area contributed by atoms with Crippen LogP contribution >= 0.6 is 0 Å². The Hall–Kier alpha value is -1.77. The van der Waals surface area contributed by atoms with Gasteiger partial charge in [0.1, 0.15) is 0 Å². The number of aromatic amines is 1. The molecular weight excluding hydrogens is 224 g/mol. The van der Waals surface area contributed by atoms with Crippen LogP contribution in [0.5, 0.6) is 0 Å². The van der Waals surface area contributed by atoms with Gasteiger partial charge in [0.15, 0.2) is 0 Å². The van der Waals surface area contributed by atoms with Crippen molar-refractivity contribution in [2.75, 3.05) is 13.1 Å². The Labute approximate surface area is 107 Å². The van der Waals surface area contributed by atoms with Crippen molar-refractivity contribution < 1.29 is 4.79 Å². The lowest BCUT2D eigenvalue weighted by molar-refractivity contribution is -0.130. The fourth-order valence-electron chi connectivity index (χ4n) is 2.83. The van der Waals surface area contributed by atoms with E-state index in [9.17, 15) is 4.79 Å². The number of carbonyl (C=O) groups excluding carboxylic acids is 1. The molecule has 0 saturated carbocycles. The van der Waals surface area contributed by atoms with Crippen molar-refractivity contribution >= 4 is 16.8 Å². The van der Waals surface area contributed by atoms with Crippen LogP contribution in [0.15, 0.2) is 30.3 Å². The quantitative estimate of drug-likeness (QED) is 0.820. The molecule has 1 aromatic heterocycles. The van der Waals surface area contributed by atoms with Crippen LogP contribution in [0.2, 0.25) is 0 Å². The molecule has 0 spiro atoms. The van der Waals surface area contributed by atoms with Crippen molar-refractivity contribution in [1.82, 2.24) is 9.88 Å². The van der Waals surface area contributed by atoms with Crippen molar-refractivity contribution in [3.8, 4) is 0 Å². The molecule has 2 aromatic rings. The minimum atomic E-state index is 0.191. The second kappa shape index (κ2) is 4.48. The molecule has 0 aliphatic carbocycles. The first-order valence-electron chi connectivity index (χ1n) is 6.57. The Morgan fingerprint density at radius 3 is 3.00 bits per heavy atom. The van der Waals surface area contributed by atoms with E-state index in [1.165, 1.54) is 16.6 Å². The molecule has 1 unspecified atom stereocenters. The third-order valence-corrected chi connectivity index (χ3v) is 3.86. The van der Waals surface area contributed by atoms with Gasteiger partial charge in [0.05, 0.1) is 0 Å². The van der Waals surface area contributed by atoms with Crippen molar-refractivity contribution in [3.05, 3.63) is 36.0 Å². The van der Waals surface area contributed by atoms with Crippen LogP contribution in [0.4, 0.5) is 0 Å². The van der Waals surface area contributed by atoms with E-state index >= 15 is 0 Å². The van der Waals surface area contributed by atoms with Crippen LogP contribution in [0.25, 0.3) is 10.9 Å². The highest BCUT2D eigenvalue weighted by atomic mass is 16.2. The summed E-state index contributed by atoms with van der Waals surface area (Å²) in [6, 6.07) is 10.6. The van der Waals surface area contributed by atoms with E-state index in [-0.39, 0.29) is 5.91 Å². The van der Waals surface area contributed by atoms with E-state index in [0.29, 0.717) is 5.92 Å². The first-order chi connectivity index (χ1) is 8.74. The van der Waals surface area contributed by atoms with Gasteiger partial charge in [-0.1, -0.05) is 18.2 Å². The zero-order valence-electron chi connectivity index (χ0n) is 10.6. The predicted molar refractivity (Wildman–Crippen MR) is 72.5 cm³/mol. The smallest absolute Gasteiger partial charge is 0.219 e. The Bertz CT molecular complexity index is 540. The summed E-state index contributed by atoms with van der Waals surface area (Å²) >= 11 is 0. The fraction of sp³-hybridized carbons (Fsp3) is 0.400. The lowest BCUT2D eigenvalue weighted by Gasteiger charge is -2.31. The van der Waals surface area contributed by atoms with Crippen LogP contribution in [0.1, 0.15) is 31.4 Å². The number of aromatic nitrogens is 1. The fourth-order valence-corrected chi connectivity index (χ4v) is 2.83. The number of nitrogens with one attached hydrogen (secondary N) is 1. The molecule has 3 rings (SSSR count). The lowest BCUT2D eigenvalue weighted by Crippen LogP contribution is -2.37. The summed E-state index contributed by atoms with van der Waals surface area (Å²) in [5, 5.41) is 1.26. The SMILES string of the molecule is CC(=O)N1CCCC(c2cc3ccccc3[nH]2)C1. The zero-order chi connectivity index (χ0) is 12.5. The van der Waals surface area contributed by atoms with Crippen molar-refractivity contribution in [3.63, 3.8) is 0 Å². The number of fused-ring (bicyclic) bond motifs is 1.